The van der Waals surface area contributed by atoms with E-state index in [1.54, 1.807) is 11.1 Å². The first kappa shape index (κ1) is 29.3. The molecule has 0 radical (unpaired) electrons. The first-order valence-corrected chi connectivity index (χ1v) is 14.9. The number of carboxylic acid groups (broad SMARTS) is 1. The Morgan fingerprint density at radius 1 is 1.18 bits per heavy atom. The van der Waals surface area contributed by atoms with Crippen molar-refractivity contribution in [2.45, 2.75) is 43.9 Å². The maximum atomic E-state index is 13.8. The molecule has 0 saturated carbocycles. The molecular formula is C27H34N6O6S. The molecule has 1 aliphatic rings. The van der Waals surface area contributed by atoms with Crippen LogP contribution in [0.3, 0.4) is 0 Å². The predicted octanol–water partition coefficient (Wildman–Crippen LogP) is 0.416. The van der Waals surface area contributed by atoms with Crippen molar-refractivity contribution in [3.63, 3.8) is 0 Å². The minimum atomic E-state index is -3.67. The summed E-state index contributed by atoms with van der Waals surface area (Å²) in [6.07, 6.45) is 5.71. The van der Waals surface area contributed by atoms with Crippen LogP contribution in [0.4, 0.5) is 0 Å². The third-order valence-corrected chi connectivity index (χ3v) is 7.60. The minimum absolute atomic E-state index is 0.0898. The van der Waals surface area contributed by atoms with Crippen molar-refractivity contribution in [1.82, 2.24) is 30.2 Å². The van der Waals surface area contributed by atoms with Crippen molar-refractivity contribution < 1.29 is 27.9 Å². The van der Waals surface area contributed by atoms with Crippen LogP contribution in [0, 0.1) is 0 Å². The lowest BCUT2D eigenvalue weighted by atomic mass is 9.95. The van der Waals surface area contributed by atoms with Gasteiger partial charge in [-0.3, -0.25) is 14.5 Å². The van der Waals surface area contributed by atoms with Gasteiger partial charge in [0.1, 0.15) is 6.04 Å². The number of aromatic nitrogens is 2. The molecule has 5 N–H and O–H groups in total. The van der Waals surface area contributed by atoms with E-state index in [0.29, 0.717) is 5.69 Å². The zero-order chi connectivity index (χ0) is 28.7. The van der Waals surface area contributed by atoms with Gasteiger partial charge in [-0.2, -0.15) is 0 Å². The third kappa shape index (κ3) is 7.94. The monoisotopic (exact) mass is 570 g/mol. The number of nitrogens with zero attached hydrogens (tertiary/aromatic N) is 2. The summed E-state index contributed by atoms with van der Waals surface area (Å²) < 4.78 is 25.1. The highest BCUT2D eigenvalue weighted by atomic mass is 32.2. The van der Waals surface area contributed by atoms with E-state index in [0.717, 1.165) is 42.0 Å². The molecule has 1 aromatic heterocycles. The number of ketones is 1. The van der Waals surface area contributed by atoms with Crippen LogP contribution in [0.25, 0.3) is 10.8 Å². The van der Waals surface area contributed by atoms with Crippen LogP contribution >= 0.6 is 0 Å². The molecule has 12 nitrogen and oxygen atoms in total. The van der Waals surface area contributed by atoms with E-state index < -0.39 is 40.5 Å². The lowest BCUT2D eigenvalue weighted by Crippen LogP contribution is -2.56. The van der Waals surface area contributed by atoms with E-state index >= 15 is 0 Å². The van der Waals surface area contributed by atoms with Crippen LogP contribution in [0.15, 0.2) is 55.0 Å². The molecule has 0 bridgehead atoms. The highest BCUT2D eigenvalue weighted by Crippen LogP contribution is 2.24. The van der Waals surface area contributed by atoms with Gasteiger partial charge in [-0.1, -0.05) is 42.5 Å². The van der Waals surface area contributed by atoms with Crippen molar-refractivity contribution in [1.29, 1.82) is 0 Å². The fourth-order valence-electron chi connectivity index (χ4n) is 5.10. The van der Waals surface area contributed by atoms with E-state index in [2.05, 4.69) is 25.3 Å². The standard InChI is InChI=1S/C27H34N6O6S/c1-40(38,39)31-14-23(27(36)37)32-25(35)16-33(15-19-8-4-7-18-6-2-3-9-21(18)19)26(22-10-5-11-29-22)24(34)12-20-13-28-17-30-20/h2-4,6-9,13,17,22-23,26,29,31H,5,10-12,14-16H2,1H3,(H,28,30)(H,32,35)(H,36,37)/t22-,23-,26?/m0/s1. The lowest BCUT2D eigenvalue weighted by molar-refractivity contribution is -0.142. The van der Waals surface area contributed by atoms with Gasteiger partial charge >= 0.3 is 5.97 Å². The van der Waals surface area contributed by atoms with Crippen LogP contribution in [-0.4, -0.2) is 90.1 Å². The first-order valence-electron chi connectivity index (χ1n) is 13.0. The highest BCUT2D eigenvalue weighted by Gasteiger charge is 2.37. The van der Waals surface area contributed by atoms with Crippen molar-refractivity contribution in [2.75, 3.05) is 25.9 Å². The zero-order valence-electron chi connectivity index (χ0n) is 22.2. The number of benzene rings is 2. The Morgan fingerprint density at radius 2 is 1.95 bits per heavy atom. The van der Waals surface area contributed by atoms with E-state index in [1.165, 1.54) is 6.33 Å². The van der Waals surface area contributed by atoms with Gasteiger partial charge in [-0.25, -0.2) is 22.9 Å². The van der Waals surface area contributed by atoms with Gasteiger partial charge < -0.3 is 20.7 Å². The summed E-state index contributed by atoms with van der Waals surface area (Å²) in [5.74, 6) is -2.13. The molecule has 2 aromatic carbocycles. The molecule has 1 fully saturated rings. The fourth-order valence-corrected chi connectivity index (χ4v) is 5.57. The fraction of sp³-hybridized carbons (Fsp3) is 0.407. The number of aromatic amines is 1. The number of hydrogen-bond acceptors (Lipinski definition) is 8. The molecule has 0 aliphatic carbocycles. The number of aliphatic carboxylic acids is 1. The maximum absolute atomic E-state index is 13.8. The Morgan fingerprint density at radius 3 is 2.62 bits per heavy atom. The van der Waals surface area contributed by atoms with Crippen molar-refractivity contribution in [2.24, 2.45) is 0 Å². The SMILES string of the molecule is CS(=O)(=O)NC[C@H](NC(=O)CN(Cc1cccc2ccccc12)C(C(=O)Cc1cnc[nH]1)[C@@H]1CCCN1)C(=O)O. The van der Waals surface area contributed by atoms with E-state index in [-0.39, 0.29) is 31.3 Å². The summed E-state index contributed by atoms with van der Waals surface area (Å²) in [5, 5.41) is 17.4. The Labute approximate surface area is 232 Å². The number of hydrogen-bond donors (Lipinski definition) is 5. The summed E-state index contributed by atoms with van der Waals surface area (Å²) in [6.45, 7) is 0.218. The second kappa shape index (κ2) is 13.1. The molecule has 1 aliphatic heterocycles. The molecule has 3 aromatic rings. The van der Waals surface area contributed by atoms with Crippen LogP contribution in [0.5, 0.6) is 0 Å². The summed E-state index contributed by atoms with van der Waals surface area (Å²) in [7, 11) is -3.67. The Hall–Kier alpha value is -3.65. The molecule has 214 valence electrons. The summed E-state index contributed by atoms with van der Waals surface area (Å²) >= 11 is 0. The molecule has 1 saturated heterocycles. The van der Waals surface area contributed by atoms with Crippen molar-refractivity contribution >= 4 is 38.5 Å². The number of carbonyl (C=O) groups excluding carboxylic acids is 2. The van der Waals surface area contributed by atoms with Crippen LogP contribution < -0.4 is 15.4 Å². The summed E-state index contributed by atoms with van der Waals surface area (Å²) in [5.41, 5.74) is 1.57. The second-order valence-electron chi connectivity index (χ2n) is 9.99. The van der Waals surface area contributed by atoms with Gasteiger partial charge in [-0.15, -0.1) is 0 Å². The molecule has 3 atom stereocenters. The number of carbonyl (C=O) groups is 3. The quantitative estimate of drug-likeness (QED) is 0.184. The Balaban J connectivity index is 1.64. The predicted molar refractivity (Wildman–Crippen MR) is 149 cm³/mol. The number of H-pyrrole nitrogens is 1. The molecule has 1 unspecified atom stereocenters. The van der Waals surface area contributed by atoms with E-state index in [4.69, 9.17) is 0 Å². The number of sulfonamides is 1. The van der Waals surface area contributed by atoms with Crippen molar-refractivity contribution in [3.8, 4) is 0 Å². The molecular weight excluding hydrogens is 536 g/mol. The molecule has 40 heavy (non-hydrogen) atoms. The zero-order valence-corrected chi connectivity index (χ0v) is 23.0. The normalized spacial score (nSPS) is 17.1. The van der Waals surface area contributed by atoms with Gasteiger partial charge in [0.25, 0.3) is 0 Å². The first-order chi connectivity index (χ1) is 19.1. The number of fused-ring (bicyclic) bond motifs is 1. The molecule has 4 rings (SSSR count). The molecule has 0 spiro atoms. The number of Topliss-reactive ketones (excluding diaryl/α,β-unsaturated/α-hetero) is 1. The number of nitrogens with one attached hydrogen (secondary N) is 4. The number of amides is 1. The summed E-state index contributed by atoms with van der Waals surface area (Å²) in [6, 6.07) is 11.3. The van der Waals surface area contributed by atoms with E-state index in [1.807, 2.05) is 42.5 Å². The second-order valence-corrected chi connectivity index (χ2v) is 11.8. The van der Waals surface area contributed by atoms with Crippen LogP contribution in [-0.2, 0) is 37.4 Å². The Kier molecular flexibility index (Phi) is 9.63. The smallest absolute Gasteiger partial charge is 0.327 e. The van der Waals surface area contributed by atoms with Crippen LogP contribution in [0.1, 0.15) is 24.1 Å². The average molecular weight is 571 g/mol. The molecule has 1 amide bonds. The summed E-state index contributed by atoms with van der Waals surface area (Å²) in [4.78, 5) is 47.6. The Bertz CT molecular complexity index is 1430. The maximum Gasteiger partial charge on any atom is 0.327 e. The largest absolute Gasteiger partial charge is 0.480 e. The minimum Gasteiger partial charge on any atom is -0.480 e. The molecule has 2 heterocycles. The van der Waals surface area contributed by atoms with Gasteiger partial charge in [0.2, 0.25) is 15.9 Å². The molecule has 13 heteroatoms. The number of rotatable bonds is 14. The van der Waals surface area contributed by atoms with Gasteiger partial charge in [0, 0.05) is 37.4 Å². The lowest BCUT2D eigenvalue weighted by Gasteiger charge is -2.35. The average Bonchev–Trinajstić information content (AvgIpc) is 3.61. The van der Waals surface area contributed by atoms with Gasteiger partial charge in [0.05, 0.1) is 25.2 Å². The van der Waals surface area contributed by atoms with Gasteiger partial charge in [-0.05, 0) is 35.7 Å². The number of imidazole rings is 1. The highest BCUT2D eigenvalue weighted by molar-refractivity contribution is 7.88. The third-order valence-electron chi connectivity index (χ3n) is 6.91. The number of carboxylic acids is 1. The van der Waals surface area contributed by atoms with E-state index in [9.17, 15) is 27.9 Å². The topological polar surface area (TPSA) is 174 Å². The van der Waals surface area contributed by atoms with Gasteiger partial charge in [0.15, 0.2) is 5.78 Å². The van der Waals surface area contributed by atoms with Crippen LogP contribution in [0.2, 0.25) is 0 Å². The van der Waals surface area contributed by atoms with Crippen molar-refractivity contribution in [3.05, 3.63) is 66.2 Å².